The molecule has 0 atom stereocenters. The Bertz CT molecular complexity index is 455. The lowest BCUT2D eigenvalue weighted by atomic mass is 10.2. The predicted molar refractivity (Wildman–Crippen MR) is 58.4 cm³/mol. The van der Waals surface area contributed by atoms with Gasteiger partial charge < -0.3 is 0 Å². The highest BCUT2D eigenvalue weighted by molar-refractivity contribution is 6.28. The minimum atomic E-state index is 0.187. The molecule has 0 saturated carbocycles. The molecule has 2 rings (SSSR count). The first-order chi connectivity index (χ1) is 7.79. The van der Waals surface area contributed by atoms with Crippen LogP contribution in [0.3, 0.4) is 0 Å². The van der Waals surface area contributed by atoms with Crippen molar-refractivity contribution in [3.8, 4) is 5.95 Å². The lowest BCUT2D eigenvalue weighted by molar-refractivity contribution is 0.716. The molecule has 0 aromatic carbocycles. The normalized spacial score (nSPS) is 10.6. The van der Waals surface area contributed by atoms with Gasteiger partial charge in [-0.25, -0.2) is 9.97 Å². The van der Waals surface area contributed by atoms with Crippen LogP contribution in [0.1, 0.15) is 25.6 Å². The van der Waals surface area contributed by atoms with Crippen LogP contribution in [0.15, 0.2) is 12.7 Å². The highest BCUT2D eigenvalue weighted by atomic mass is 35.5. The molecule has 0 aliphatic heterocycles. The molecule has 0 radical (unpaired) electrons. The van der Waals surface area contributed by atoms with E-state index >= 15 is 0 Å². The predicted octanol–water partition coefficient (Wildman–Crippen LogP) is 1.45. The number of aryl methyl sites for hydroxylation is 1. The maximum atomic E-state index is 5.82. The van der Waals surface area contributed by atoms with E-state index in [1.54, 1.807) is 0 Å². The fraction of sp³-hybridized carbons (Fsp3) is 0.444. The monoisotopic (exact) mass is 238 g/mol. The Balaban J connectivity index is 2.29. The third kappa shape index (κ3) is 2.52. The van der Waals surface area contributed by atoms with E-state index in [0.717, 1.165) is 19.3 Å². The second-order valence-corrected chi connectivity index (χ2v) is 3.60. The molecule has 0 bridgehead atoms. The van der Waals surface area contributed by atoms with Crippen LogP contribution >= 0.6 is 11.6 Å². The maximum Gasteiger partial charge on any atom is 0.256 e. The maximum absolute atomic E-state index is 5.82. The van der Waals surface area contributed by atoms with Crippen LogP contribution in [0, 0.1) is 0 Å². The summed E-state index contributed by atoms with van der Waals surface area (Å²) in [6, 6.07) is 0. The molecule has 0 saturated heterocycles. The van der Waals surface area contributed by atoms with E-state index in [2.05, 4.69) is 32.0 Å². The van der Waals surface area contributed by atoms with Crippen molar-refractivity contribution in [1.29, 1.82) is 0 Å². The zero-order valence-electron chi connectivity index (χ0n) is 8.84. The summed E-state index contributed by atoms with van der Waals surface area (Å²) in [4.78, 5) is 16.1. The van der Waals surface area contributed by atoms with Crippen molar-refractivity contribution >= 4 is 11.6 Å². The van der Waals surface area contributed by atoms with Crippen LogP contribution in [-0.4, -0.2) is 29.7 Å². The Hall–Kier alpha value is -1.56. The van der Waals surface area contributed by atoms with Gasteiger partial charge in [-0.2, -0.15) is 19.7 Å². The van der Waals surface area contributed by atoms with Gasteiger partial charge in [0.1, 0.15) is 18.5 Å². The summed E-state index contributed by atoms with van der Waals surface area (Å²) in [6.45, 7) is 2.11. The zero-order valence-corrected chi connectivity index (χ0v) is 9.59. The molecule has 2 aromatic heterocycles. The van der Waals surface area contributed by atoms with Crippen LogP contribution in [0.4, 0.5) is 0 Å². The number of unbranched alkanes of at least 4 members (excludes halogenated alkanes) is 1. The molecule has 0 unspecified atom stereocenters. The lowest BCUT2D eigenvalue weighted by Crippen LogP contribution is -2.07. The minimum absolute atomic E-state index is 0.187. The Morgan fingerprint density at radius 3 is 2.88 bits per heavy atom. The average Bonchev–Trinajstić information content (AvgIpc) is 2.79. The molecule has 2 aromatic rings. The first kappa shape index (κ1) is 10.9. The summed E-state index contributed by atoms with van der Waals surface area (Å²) in [5.74, 6) is 1.09. The molecule has 6 nitrogen and oxygen atoms in total. The van der Waals surface area contributed by atoms with Crippen LogP contribution < -0.4 is 0 Å². The summed E-state index contributed by atoms with van der Waals surface area (Å²) < 4.78 is 1.46. The highest BCUT2D eigenvalue weighted by Crippen LogP contribution is 2.07. The lowest BCUT2D eigenvalue weighted by Gasteiger charge is -2.02. The molecular weight excluding hydrogens is 228 g/mol. The largest absolute Gasteiger partial charge is 0.256 e. The van der Waals surface area contributed by atoms with Crippen LogP contribution in [0.5, 0.6) is 0 Å². The number of rotatable bonds is 4. The standard InChI is InChI=1S/C9H11ClN6/c1-2-3-4-7-13-8(10)15-9(14-7)16-6-11-5-12-16/h5-6H,2-4H2,1H3. The van der Waals surface area contributed by atoms with Crippen molar-refractivity contribution in [2.75, 3.05) is 0 Å². The summed E-state index contributed by atoms with van der Waals surface area (Å²) >= 11 is 5.82. The van der Waals surface area contributed by atoms with Gasteiger partial charge in [-0.1, -0.05) is 13.3 Å². The van der Waals surface area contributed by atoms with Gasteiger partial charge in [-0.15, -0.1) is 0 Å². The summed E-state index contributed by atoms with van der Waals surface area (Å²) in [6.07, 6.45) is 5.85. The van der Waals surface area contributed by atoms with Gasteiger partial charge in [0.2, 0.25) is 5.28 Å². The molecule has 0 N–H and O–H groups in total. The van der Waals surface area contributed by atoms with E-state index in [1.165, 1.54) is 17.3 Å². The van der Waals surface area contributed by atoms with Crippen LogP contribution in [0.25, 0.3) is 5.95 Å². The SMILES string of the molecule is CCCCc1nc(Cl)nc(-n2cncn2)n1. The molecule has 0 spiro atoms. The first-order valence-electron chi connectivity index (χ1n) is 5.05. The average molecular weight is 239 g/mol. The third-order valence-electron chi connectivity index (χ3n) is 2.02. The molecule has 7 heteroatoms. The molecule has 84 valence electrons. The van der Waals surface area contributed by atoms with Gasteiger partial charge in [0.15, 0.2) is 0 Å². The smallest absolute Gasteiger partial charge is 0.223 e. The molecule has 0 aliphatic carbocycles. The van der Waals surface area contributed by atoms with Gasteiger partial charge in [0, 0.05) is 6.42 Å². The Morgan fingerprint density at radius 2 is 2.19 bits per heavy atom. The molecule has 0 fully saturated rings. The highest BCUT2D eigenvalue weighted by Gasteiger charge is 2.06. The minimum Gasteiger partial charge on any atom is -0.223 e. The van der Waals surface area contributed by atoms with Gasteiger partial charge in [-0.3, -0.25) is 0 Å². The van der Waals surface area contributed by atoms with E-state index in [4.69, 9.17) is 11.6 Å². The van der Waals surface area contributed by atoms with Crippen molar-refractivity contribution in [2.45, 2.75) is 26.2 Å². The van der Waals surface area contributed by atoms with Gasteiger partial charge in [0.05, 0.1) is 0 Å². The van der Waals surface area contributed by atoms with Crippen LogP contribution in [-0.2, 0) is 6.42 Å². The quantitative estimate of drug-likeness (QED) is 0.806. The Morgan fingerprint density at radius 1 is 1.31 bits per heavy atom. The van der Waals surface area contributed by atoms with Crippen molar-refractivity contribution in [1.82, 2.24) is 29.7 Å². The summed E-state index contributed by atoms with van der Waals surface area (Å²) in [7, 11) is 0. The second kappa shape index (κ2) is 4.98. The van der Waals surface area contributed by atoms with Crippen molar-refractivity contribution in [3.05, 3.63) is 23.8 Å². The molecule has 0 amide bonds. The summed E-state index contributed by atoms with van der Waals surface area (Å²) in [5, 5.41) is 4.13. The number of nitrogens with zero attached hydrogens (tertiary/aromatic N) is 6. The topological polar surface area (TPSA) is 69.4 Å². The zero-order chi connectivity index (χ0) is 11.4. The number of hydrogen-bond donors (Lipinski definition) is 0. The van der Waals surface area contributed by atoms with Gasteiger partial charge in [0.25, 0.3) is 5.95 Å². The van der Waals surface area contributed by atoms with Crippen molar-refractivity contribution in [3.63, 3.8) is 0 Å². The van der Waals surface area contributed by atoms with E-state index in [0.29, 0.717) is 11.8 Å². The Kier molecular flexibility index (Phi) is 3.40. The number of aromatic nitrogens is 6. The molecule has 16 heavy (non-hydrogen) atoms. The first-order valence-corrected chi connectivity index (χ1v) is 5.43. The van der Waals surface area contributed by atoms with Crippen molar-refractivity contribution in [2.24, 2.45) is 0 Å². The third-order valence-corrected chi connectivity index (χ3v) is 2.19. The van der Waals surface area contributed by atoms with E-state index < -0.39 is 0 Å². The summed E-state index contributed by atoms with van der Waals surface area (Å²) in [5.41, 5.74) is 0. The van der Waals surface area contributed by atoms with Crippen molar-refractivity contribution < 1.29 is 0 Å². The second-order valence-electron chi connectivity index (χ2n) is 3.26. The van der Waals surface area contributed by atoms with E-state index in [1.807, 2.05) is 0 Å². The van der Waals surface area contributed by atoms with E-state index in [9.17, 15) is 0 Å². The number of hydrogen-bond acceptors (Lipinski definition) is 5. The van der Waals surface area contributed by atoms with Crippen LogP contribution in [0.2, 0.25) is 5.28 Å². The molecule has 0 aliphatic rings. The molecular formula is C9H11ClN6. The van der Waals surface area contributed by atoms with Gasteiger partial charge >= 0.3 is 0 Å². The molecule has 2 heterocycles. The Labute approximate surface area is 97.7 Å². The van der Waals surface area contributed by atoms with Gasteiger partial charge in [-0.05, 0) is 18.0 Å². The fourth-order valence-electron chi connectivity index (χ4n) is 1.24. The van der Waals surface area contributed by atoms with E-state index in [-0.39, 0.29) is 5.28 Å². The number of halogens is 1. The fourth-order valence-corrected chi connectivity index (χ4v) is 1.41.